The van der Waals surface area contributed by atoms with Gasteiger partial charge < -0.3 is 10.1 Å². The summed E-state index contributed by atoms with van der Waals surface area (Å²) in [6.07, 6.45) is 2.36. The lowest BCUT2D eigenvalue weighted by atomic mass is 10.3. The molecule has 4 nitrogen and oxygen atoms in total. The summed E-state index contributed by atoms with van der Waals surface area (Å²) in [7, 11) is 0. The molecule has 1 N–H and O–H groups in total. The maximum Gasteiger partial charge on any atom is 0.263 e. The summed E-state index contributed by atoms with van der Waals surface area (Å²) in [5, 5.41) is 11.0. The molecule has 84 valence electrons. The Balaban J connectivity index is 3.94. The Kier molecular flexibility index (Phi) is 7.29. The molecule has 0 bridgehead atoms. The topological polar surface area (TPSA) is 62.1 Å². The van der Waals surface area contributed by atoms with Crippen LogP contribution in [-0.4, -0.2) is 18.7 Å². The average Bonchev–Trinajstić information content (AvgIpc) is 2.26. The number of carbonyl (C=O) groups is 1. The van der Waals surface area contributed by atoms with Crippen LogP contribution in [0.1, 0.15) is 33.1 Å². The molecule has 0 fully saturated rings. The minimum absolute atomic E-state index is 0.0902. The minimum atomic E-state index is -0.458. The molecule has 0 aromatic rings. The number of hydrogen-bond acceptors (Lipinski definition) is 3. The fourth-order valence-corrected chi connectivity index (χ4v) is 0.916. The van der Waals surface area contributed by atoms with Gasteiger partial charge in [0.05, 0.1) is 0 Å². The van der Waals surface area contributed by atoms with Gasteiger partial charge in [-0.15, -0.1) is 0 Å². The van der Waals surface area contributed by atoms with Gasteiger partial charge in [0, 0.05) is 6.61 Å². The Morgan fingerprint density at radius 2 is 2.27 bits per heavy atom. The van der Waals surface area contributed by atoms with Gasteiger partial charge in [0.1, 0.15) is 17.9 Å². The van der Waals surface area contributed by atoms with Gasteiger partial charge in [0.15, 0.2) is 0 Å². The molecule has 0 spiro atoms. The van der Waals surface area contributed by atoms with E-state index in [2.05, 4.69) is 18.8 Å². The van der Waals surface area contributed by atoms with Crippen LogP contribution in [-0.2, 0) is 9.53 Å². The molecule has 15 heavy (non-hydrogen) atoms. The second kappa shape index (κ2) is 8.01. The van der Waals surface area contributed by atoms with Crippen LogP contribution in [0.4, 0.5) is 0 Å². The summed E-state index contributed by atoms with van der Waals surface area (Å²) >= 11 is 0. The highest BCUT2D eigenvalue weighted by Gasteiger charge is 2.12. The minimum Gasteiger partial charge on any atom is -0.359 e. The van der Waals surface area contributed by atoms with E-state index >= 15 is 0 Å². The Hall–Kier alpha value is -1.34. The summed E-state index contributed by atoms with van der Waals surface area (Å²) in [4.78, 5) is 11.3. The van der Waals surface area contributed by atoms with Gasteiger partial charge in [-0.2, -0.15) is 5.26 Å². The van der Waals surface area contributed by atoms with Crippen LogP contribution in [0, 0.1) is 11.3 Å². The highest BCUT2D eigenvalue weighted by Crippen LogP contribution is 1.98. The van der Waals surface area contributed by atoms with Gasteiger partial charge in [0.25, 0.3) is 5.91 Å². The van der Waals surface area contributed by atoms with Gasteiger partial charge in [-0.3, -0.25) is 4.79 Å². The lowest BCUT2D eigenvalue weighted by Gasteiger charge is -2.17. The van der Waals surface area contributed by atoms with Crippen LogP contribution in [0.3, 0.4) is 0 Å². The van der Waals surface area contributed by atoms with Crippen molar-refractivity contribution in [3.63, 3.8) is 0 Å². The van der Waals surface area contributed by atoms with Crippen molar-refractivity contribution in [2.45, 2.75) is 39.3 Å². The number of nitriles is 1. The van der Waals surface area contributed by atoms with E-state index in [1.54, 1.807) is 6.07 Å². The fourth-order valence-electron chi connectivity index (χ4n) is 0.916. The molecule has 0 aliphatic rings. The lowest BCUT2D eigenvalue weighted by molar-refractivity contribution is -0.121. The van der Waals surface area contributed by atoms with Crippen molar-refractivity contribution >= 4 is 5.91 Å². The molecule has 1 unspecified atom stereocenters. The number of ether oxygens (including phenoxy) is 1. The van der Waals surface area contributed by atoms with E-state index in [0.717, 1.165) is 12.8 Å². The Morgan fingerprint density at radius 1 is 1.60 bits per heavy atom. The largest absolute Gasteiger partial charge is 0.359 e. The molecule has 0 saturated heterocycles. The third-order valence-electron chi connectivity index (χ3n) is 1.89. The molecule has 1 atom stereocenters. The SMILES string of the molecule is C=C(C#N)C(=O)NC(CC)OCCCC. The monoisotopic (exact) mass is 210 g/mol. The van der Waals surface area contributed by atoms with E-state index in [-0.39, 0.29) is 11.8 Å². The summed E-state index contributed by atoms with van der Waals surface area (Å²) in [5.41, 5.74) is -0.0902. The zero-order chi connectivity index (χ0) is 11.7. The van der Waals surface area contributed by atoms with Crippen molar-refractivity contribution in [1.82, 2.24) is 5.32 Å². The fraction of sp³-hybridized carbons (Fsp3) is 0.636. The van der Waals surface area contributed by atoms with Crippen molar-refractivity contribution in [3.8, 4) is 6.07 Å². The molecule has 0 rings (SSSR count). The summed E-state index contributed by atoms with van der Waals surface area (Å²) in [5.74, 6) is -0.458. The maximum atomic E-state index is 11.3. The van der Waals surface area contributed by atoms with Crippen LogP contribution < -0.4 is 5.32 Å². The standard InChI is InChI=1S/C11H18N2O2/c1-4-6-7-15-10(5-2)13-11(14)9(3)8-12/h10H,3-7H2,1-2H3,(H,13,14). The normalized spacial score (nSPS) is 11.5. The van der Waals surface area contributed by atoms with Gasteiger partial charge in [0.2, 0.25) is 0 Å². The first-order valence-electron chi connectivity index (χ1n) is 5.17. The molecular formula is C11H18N2O2. The predicted octanol–water partition coefficient (Wildman–Crippen LogP) is 1.74. The Bertz CT molecular complexity index is 256. The Labute approximate surface area is 90.9 Å². The molecule has 0 radical (unpaired) electrons. The van der Waals surface area contributed by atoms with E-state index in [4.69, 9.17) is 10.00 Å². The average molecular weight is 210 g/mol. The zero-order valence-corrected chi connectivity index (χ0v) is 9.38. The van der Waals surface area contributed by atoms with Crippen molar-refractivity contribution in [2.75, 3.05) is 6.61 Å². The van der Waals surface area contributed by atoms with Crippen LogP contribution >= 0.6 is 0 Å². The van der Waals surface area contributed by atoms with E-state index in [1.165, 1.54) is 0 Å². The van der Waals surface area contributed by atoms with E-state index < -0.39 is 5.91 Å². The number of nitrogens with zero attached hydrogens (tertiary/aromatic N) is 1. The summed E-state index contributed by atoms with van der Waals surface area (Å²) in [6, 6.07) is 1.70. The maximum absolute atomic E-state index is 11.3. The second-order valence-corrected chi connectivity index (χ2v) is 3.19. The molecule has 0 aromatic carbocycles. The van der Waals surface area contributed by atoms with Crippen LogP contribution in [0.25, 0.3) is 0 Å². The lowest BCUT2D eigenvalue weighted by Crippen LogP contribution is -2.37. The Morgan fingerprint density at radius 3 is 2.73 bits per heavy atom. The second-order valence-electron chi connectivity index (χ2n) is 3.19. The molecular weight excluding hydrogens is 192 g/mol. The number of carbonyl (C=O) groups excluding carboxylic acids is 1. The molecule has 4 heteroatoms. The molecule has 0 aliphatic heterocycles. The van der Waals surface area contributed by atoms with Crippen LogP contribution in [0.5, 0.6) is 0 Å². The first-order valence-corrected chi connectivity index (χ1v) is 5.17. The first kappa shape index (κ1) is 13.7. The van der Waals surface area contributed by atoms with Gasteiger partial charge >= 0.3 is 0 Å². The van der Waals surface area contributed by atoms with Gasteiger partial charge in [-0.05, 0) is 12.8 Å². The van der Waals surface area contributed by atoms with E-state index in [1.807, 2.05) is 6.92 Å². The number of hydrogen-bond donors (Lipinski definition) is 1. The van der Waals surface area contributed by atoms with E-state index in [9.17, 15) is 4.79 Å². The highest BCUT2D eigenvalue weighted by molar-refractivity contribution is 5.96. The van der Waals surface area contributed by atoms with E-state index in [0.29, 0.717) is 13.0 Å². The van der Waals surface area contributed by atoms with Crippen molar-refractivity contribution < 1.29 is 9.53 Å². The van der Waals surface area contributed by atoms with Crippen molar-refractivity contribution in [2.24, 2.45) is 0 Å². The third-order valence-corrected chi connectivity index (χ3v) is 1.89. The molecule has 0 saturated carbocycles. The summed E-state index contributed by atoms with van der Waals surface area (Å²) in [6.45, 7) is 7.93. The third kappa shape index (κ3) is 5.87. The van der Waals surface area contributed by atoms with Gasteiger partial charge in [-0.25, -0.2) is 0 Å². The molecule has 0 aromatic heterocycles. The van der Waals surface area contributed by atoms with Crippen LogP contribution in [0.2, 0.25) is 0 Å². The zero-order valence-electron chi connectivity index (χ0n) is 9.38. The molecule has 0 heterocycles. The first-order chi connectivity index (χ1) is 7.15. The molecule has 1 amide bonds. The smallest absolute Gasteiger partial charge is 0.263 e. The van der Waals surface area contributed by atoms with Crippen molar-refractivity contribution in [3.05, 3.63) is 12.2 Å². The van der Waals surface area contributed by atoms with Crippen molar-refractivity contribution in [1.29, 1.82) is 5.26 Å². The number of unbranched alkanes of at least 4 members (excludes halogenated alkanes) is 1. The van der Waals surface area contributed by atoms with Crippen LogP contribution in [0.15, 0.2) is 12.2 Å². The summed E-state index contributed by atoms with van der Waals surface area (Å²) < 4.78 is 5.41. The number of amides is 1. The number of nitrogens with one attached hydrogen (secondary N) is 1. The highest BCUT2D eigenvalue weighted by atomic mass is 16.5. The molecule has 0 aliphatic carbocycles. The quantitative estimate of drug-likeness (QED) is 0.301. The predicted molar refractivity (Wildman–Crippen MR) is 57.8 cm³/mol. The number of rotatable bonds is 7. The van der Waals surface area contributed by atoms with Gasteiger partial charge in [-0.1, -0.05) is 26.8 Å².